The highest BCUT2D eigenvalue weighted by molar-refractivity contribution is 7.12. The Bertz CT molecular complexity index is 958. The van der Waals surface area contributed by atoms with Crippen LogP contribution in [0.1, 0.15) is 79.4 Å². The third kappa shape index (κ3) is 3.64. The summed E-state index contributed by atoms with van der Waals surface area (Å²) in [5.74, 6) is 0.746. The number of nitrogens with zero attached hydrogens (tertiary/aromatic N) is 4. The Kier molecular flexibility index (Phi) is 4.70. The zero-order valence-electron chi connectivity index (χ0n) is 18.2. The second-order valence-electron chi connectivity index (χ2n) is 9.83. The van der Waals surface area contributed by atoms with E-state index in [4.69, 9.17) is 9.47 Å². The lowest BCUT2D eigenvalue weighted by Gasteiger charge is -2.47. The predicted octanol–water partition coefficient (Wildman–Crippen LogP) is 4.29. The molecule has 1 unspecified atom stereocenters. The standard InChI is InChI=1S/C22H30N4O3S/c1-21(2,3)29-20(27)26-9-8-22(12-17(26)16-13-25(4)24-23-16)19-15(7-10-28-22)11-18(30-19)14-5-6-14/h11,13-14,17H,5-10,12H2,1-4H3/t17-,22?/m0/s1. The monoisotopic (exact) mass is 430 g/mol. The number of fused-ring (bicyclic) bond motifs is 2. The molecule has 2 aromatic rings. The van der Waals surface area contributed by atoms with Crippen molar-refractivity contribution >= 4 is 17.4 Å². The SMILES string of the molecule is Cn1cc([C@@H]2CC3(CCN2C(=O)OC(C)(C)C)OCCc2cc(C4CC4)sc23)nn1. The van der Waals surface area contributed by atoms with Crippen LogP contribution in [0.15, 0.2) is 12.3 Å². The molecule has 1 saturated heterocycles. The zero-order chi connectivity index (χ0) is 21.1. The van der Waals surface area contributed by atoms with Gasteiger partial charge in [-0.2, -0.15) is 0 Å². The fourth-order valence-corrected chi connectivity index (χ4v) is 6.21. The van der Waals surface area contributed by atoms with Crippen molar-refractivity contribution in [2.45, 2.75) is 76.0 Å². The van der Waals surface area contributed by atoms with Crippen molar-refractivity contribution in [1.82, 2.24) is 19.9 Å². The number of piperidine rings is 1. The van der Waals surface area contributed by atoms with Gasteiger partial charge in [-0.05, 0) is 64.0 Å². The van der Waals surface area contributed by atoms with Gasteiger partial charge in [0.1, 0.15) is 16.9 Å². The molecule has 0 aromatic carbocycles. The summed E-state index contributed by atoms with van der Waals surface area (Å²) in [6.45, 7) is 7.00. The summed E-state index contributed by atoms with van der Waals surface area (Å²) in [7, 11) is 1.85. The van der Waals surface area contributed by atoms with Crippen molar-refractivity contribution in [3.63, 3.8) is 0 Å². The number of hydrogen-bond acceptors (Lipinski definition) is 6. The first kappa shape index (κ1) is 20.0. The molecule has 2 aliphatic heterocycles. The summed E-state index contributed by atoms with van der Waals surface area (Å²) in [5.41, 5.74) is 1.33. The highest BCUT2D eigenvalue weighted by atomic mass is 32.1. The van der Waals surface area contributed by atoms with E-state index < -0.39 is 5.60 Å². The van der Waals surface area contributed by atoms with E-state index in [1.165, 1.54) is 28.2 Å². The maximum Gasteiger partial charge on any atom is 0.410 e. The van der Waals surface area contributed by atoms with Gasteiger partial charge in [0, 0.05) is 29.8 Å². The van der Waals surface area contributed by atoms with Crippen molar-refractivity contribution in [2.75, 3.05) is 13.2 Å². The first-order valence-electron chi connectivity index (χ1n) is 10.9. The molecule has 3 aliphatic rings. The Hall–Kier alpha value is -1.93. The second kappa shape index (κ2) is 7.05. The van der Waals surface area contributed by atoms with E-state index in [2.05, 4.69) is 16.4 Å². The molecule has 4 heterocycles. The quantitative estimate of drug-likeness (QED) is 0.711. The van der Waals surface area contributed by atoms with Crippen LogP contribution in [0.25, 0.3) is 0 Å². The van der Waals surface area contributed by atoms with Gasteiger partial charge in [0.15, 0.2) is 0 Å². The van der Waals surface area contributed by atoms with Crippen LogP contribution >= 0.6 is 11.3 Å². The number of rotatable bonds is 2. The Balaban J connectivity index is 1.49. The summed E-state index contributed by atoms with van der Waals surface area (Å²) in [4.78, 5) is 17.7. The van der Waals surface area contributed by atoms with Crippen molar-refractivity contribution in [1.29, 1.82) is 0 Å². The number of aryl methyl sites for hydroxylation is 1. The Morgan fingerprint density at radius 2 is 2.17 bits per heavy atom. The maximum atomic E-state index is 13.0. The molecule has 2 atom stereocenters. The molecule has 162 valence electrons. The number of hydrogen-bond donors (Lipinski definition) is 0. The fraction of sp³-hybridized carbons (Fsp3) is 0.682. The lowest BCUT2D eigenvalue weighted by Crippen LogP contribution is -2.50. The molecule has 1 spiro atoms. The van der Waals surface area contributed by atoms with Gasteiger partial charge in [-0.1, -0.05) is 5.21 Å². The van der Waals surface area contributed by atoms with Crippen LogP contribution in [0, 0.1) is 0 Å². The third-order valence-electron chi connectivity index (χ3n) is 6.22. The van der Waals surface area contributed by atoms with Crippen molar-refractivity contribution in [3.05, 3.63) is 33.3 Å². The zero-order valence-corrected chi connectivity index (χ0v) is 19.0. The average molecular weight is 431 g/mol. The molecule has 2 fully saturated rings. The molecule has 0 radical (unpaired) electrons. The predicted molar refractivity (Wildman–Crippen MR) is 114 cm³/mol. The largest absolute Gasteiger partial charge is 0.444 e. The van der Waals surface area contributed by atoms with Crippen LogP contribution in [0.3, 0.4) is 0 Å². The molecule has 0 bridgehead atoms. The first-order valence-corrected chi connectivity index (χ1v) is 11.7. The van der Waals surface area contributed by atoms with Crippen molar-refractivity contribution in [3.8, 4) is 0 Å². The number of ether oxygens (including phenoxy) is 2. The van der Waals surface area contributed by atoms with E-state index in [1.54, 1.807) is 4.68 Å². The first-order chi connectivity index (χ1) is 14.2. The second-order valence-corrected chi connectivity index (χ2v) is 10.9. The molecule has 2 aromatic heterocycles. The van der Waals surface area contributed by atoms with Gasteiger partial charge in [-0.15, -0.1) is 16.4 Å². The van der Waals surface area contributed by atoms with E-state index in [0.29, 0.717) is 13.0 Å². The molecule has 1 saturated carbocycles. The van der Waals surface area contributed by atoms with Crippen LogP contribution in [-0.2, 0) is 28.5 Å². The van der Waals surface area contributed by atoms with Gasteiger partial charge in [0.05, 0.1) is 18.8 Å². The Morgan fingerprint density at radius 1 is 1.37 bits per heavy atom. The molecule has 1 aliphatic carbocycles. The number of thiophene rings is 1. The van der Waals surface area contributed by atoms with E-state index in [9.17, 15) is 4.79 Å². The molecule has 0 N–H and O–H groups in total. The van der Waals surface area contributed by atoms with Gasteiger partial charge < -0.3 is 9.47 Å². The summed E-state index contributed by atoms with van der Waals surface area (Å²) < 4.78 is 13.9. The minimum absolute atomic E-state index is 0.222. The average Bonchev–Trinajstić information content (AvgIpc) is 3.27. The van der Waals surface area contributed by atoms with E-state index >= 15 is 0 Å². The Morgan fingerprint density at radius 3 is 2.83 bits per heavy atom. The van der Waals surface area contributed by atoms with Gasteiger partial charge in [-0.25, -0.2) is 4.79 Å². The fourth-order valence-electron chi connectivity index (χ4n) is 4.65. The molecule has 5 rings (SSSR count). The Labute approximate surface area is 181 Å². The maximum absolute atomic E-state index is 13.0. The van der Waals surface area contributed by atoms with Crippen LogP contribution in [0.5, 0.6) is 0 Å². The van der Waals surface area contributed by atoms with Crippen LogP contribution < -0.4 is 0 Å². The van der Waals surface area contributed by atoms with E-state index in [1.807, 2.05) is 50.3 Å². The number of likely N-dealkylation sites (tertiary alicyclic amines) is 1. The topological polar surface area (TPSA) is 69.5 Å². The van der Waals surface area contributed by atoms with Gasteiger partial charge >= 0.3 is 6.09 Å². The minimum Gasteiger partial charge on any atom is -0.444 e. The van der Waals surface area contributed by atoms with E-state index in [-0.39, 0.29) is 17.7 Å². The number of aromatic nitrogens is 3. The molecule has 8 heteroatoms. The summed E-state index contributed by atoms with van der Waals surface area (Å²) >= 11 is 1.93. The van der Waals surface area contributed by atoms with Gasteiger partial charge in [0.25, 0.3) is 0 Å². The smallest absolute Gasteiger partial charge is 0.410 e. The lowest BCUT2D eigenvalue weighted by molar-refractivity contribution is -0.112. The third-order valence-corrected chi connectivity index (χ3v) is 7.74. The molecule has 30 heavy (non-hydrogen) atoms. The highest BCUT2D eigenvalue weighted by Crippen LogP contribution is 2.53. The van der Waals surface area contributed by atoms with Crippen LogP contribution in [0.4, 0.5) is 4.79 Å². The van der Waals surface area contributed by atoms with Gasteiger partial charge in [-0.3, -0.25) is 9.58 Å². The minimum atomic E-state index is -0.541. The highest BCUT2D eigenvalue weighted by Gasteiger charge is 2.49. The number of amides is 1. The molecular weight excluding hydrogens is 400 g/mol. The number of carbonyl (C=O) groups is 1. The summed E-state index contributed by atoms with van der Waals surface area (Å²) in [6.07, 6.45) is 6.65. The normalized spacial score (nSPS) is 26.7. The molecular formula is C22H30N4O3S. The van der Waals surface area contributed by atoms with Crippen molar-refractivity contribution in [2.24, 2.45) is 7.05 Å². The summed E-state index contributed by atoms with van der Waals surface area (Å²) in [6, 6.07) is 2.19. The van der Waals surface area contributed by atoms with Crippen LogP contribution in [-0.4, -0.2) is 44.7 Å². The van der Waals surface area contributed by atoms with Gasteiger partial charge in [0.2, 0.25) is 0 Å². The van der Waals surface area contributed by atoms with Crippen molar-refractivity contribution < 1.29 is 14.3 Å². The summed E-state index contributed by atoms with van der Waals surface area (Å²) in [5, 5.41) is 8.48. The molecule has 7 nitrogen and oxygen atoms in total. The van der Waals surface area contributed by atoms with Crippen LogP contribution in [0.2, 0.25) is 0 Å². The van der Waals surface area contributed by atoms with E-state index in [0.717, 1.165) is 31.1 Å². The molecule has 1 amide bonds. The number of carbonyl (C=O) groups excluding carboxylic acids is 1. The lowest BCUT2D eigenvalue weighted by atomic mass is 9.81.